The smallest absolute Gasteiger partial charge is 0.191 e. The molecule has 0 spiro atoms. The van der Waals surface area contributed by atoms with E-state index < -0.39 is 0 Å². The van der Waals surface area contributed by atoms with Crippen molar-refractivity contribution in [2.24, 2.45) is 16.3 Å². The number of nitrogens with zero attached hydrogens (tertiary/aromatic N) is 1. The van der Waals surface area contributed by atoms with Crippen molar-refractivity contribution in [2.75, 3.05) is 39.5 Å². The highest BCUT2D eigenvalue weighted by molar-refractivity contribution is 5.80. The van der Waals surface area contributed by atoms with Gasteiger partial charge in [-0.15, -0.1) is 0 Å². The number of nitrogens with one attached hydrogen (secondary N) is 2. The second kappa shape index (κ2) is 11.3. The number of hydrogen-bond donors (Lipinski definition) is 3. The van der Waals surface area contributed by atoms with E-state index in [0.717, 1.165) is 37.7 Å². The summed E-state index contributed by atoms with van der Waals surface area (Å²) < 4.78 is 11.2. The Labute approximate surface area is 169 Å². The van der Waals surface area contributed by atoms with Gasteiger partial charge in [-0.2, -0.15) is 0 Å². The Morgan fingerprint density at radius 2 is 1.89 bits per heavy atom. The van der Waals surface area contributed by atoms with Crippen molar-refractivity contribution in [3.05, 3.63) is 29.8 Å². The zero-order chi connectivity index (χ0) is 20.4. The molecule has 1 saturated heterocycles. The maximum atomic E-state index is 9.87. The molecule has 28 heavy (non-hydrogen) atoms. The number of ether oxygens (including phenoxy) is 2. The van der Waals surface area contributed by atoms with Crippen molar-refractivity contribution >= 4 is 5.96 Å². The first-order chi connectivity index (χ1) is 13.5. The van der Waals surface area contributed by atoms with Gasteiger partial charge < -0.3 is 25.2 Å². The number of aliphatic imine (C=N–C) groups is 1. The maximum absolute atomic E-state index is 9.87. The first kappa shape index (κ1) is 22.5. The van der Waals surface area contributed by atoms with Gasteiger partial charge in [0, 0.05) is 25.2 Å². The topological polar surface area (TPSA) is 75.1 Å². The van der Waals surface area contributed by atoms with Gasteiger partial charge in [0.2, 0.25) is 0 Å². The Hall–Kier alpha value is -1.79. The predicted molar refractivity (Wildman–Crippen MR) is 114 cm³/mol. The lowest BCUT2D eigenvalue weighted by Crippen LogP contribution is -2.41. The molecule has 6 nitrogen and oxygen atoms in total. The fourth-order valence-corrected chi connectivity index (χ4v) is 3.14. The number of benzene rings is 1. The van der Waals surface area contributed by atoms with Crippen LogP contribution in [0, 0.1) is 11.3 Å². The van der Waals surface area contributed by atoms with Gasteiger partial charge in [-0.05, 0) is 50.3 Å². The van der Waals surface area contributed by atoms with Crippen LogP contribution in [0.5, 0.6) is 5.75 Å². The molecule has 0 aromatic heterocycles. The number of aliphatic hydroxyl groups excluding tert-OH is 1. The summed E-state index contributed by atoms with van der Waals surface area (Å²) in [6.45, 7) is 12.1. The van der Waals surface area contributed by atoms with Crippen LogP contribution in [-0.4, -0.2) is 50.6 Å². The largest absolute Gasteiger partial charge is 0.493 e. The molecule has 1 aliphatic rings. The van der Waals surface area contributed by atoms with Gasteiger partial charge in [-0.25, -0.2) is 0 Å². The minimum absolute atomic E-state index is 0.108. The van der Waals surface area contributed by atoms with E-state index in [2.05, 4.69) is 50.5 Å². The molecule has 1 fully saturated rings. The fraction of sp³-hybridized carbons (Fsp3) is 0.682. The van der Waals surface area contributed by atoms with Crippen LogP contribution >= 0.6 is 0 Å². The second-order valence-electron chi connectivity index (χ2n) is 8.11. The molecule has 0 aliphatic carbocycles. The van der Waals surface area contributed by atoms with Crippen LogP contribution < -0.4 is 15.4 Å². The summed E-state index contributed by atoms with van der Waals surface area (Å²) in [7, 11) is 0. The van der Waals surface area contributed by atoms with Gasteiger partial charge in [-0.1, -0.05) is 26.0 Å². The minimum Gasteiger partial charge on any atom is -0.493 e. The fourth-order valence-electron chi connectivity index (χ4n) is 3.14. The molecule has 1 unspecified atom stereocenters. The molecule has 1 aromatic carbocycles. The van der Waals surface area contributed by atoms with Crippen LogP contribution in [0.25, 0.3) is 0 Å². The first-order valence-electron chi connectivity index (χ1n) is 10.4. The molecule has 0 radical (unpaired) electrons. The Morgan fingerprint density at radius 1 is 1.21 bits per heavy atom. The Morgan fingerprint density at radius 3 is 2.46 bits per heavy atom. The van der Waals surface area contributed by atoms with Crippen molar-refractivity contribution in [1.82, 2.24) is 10.6 Å². The molecule has 1 aromatic rings. The predicted octanol–water partition coefficient (Wildman–Crippen LogP) is 3.13. The zero-order valence-electron chi connectivity index (χ0n) is 17.8. The van der Waals surface area contributed by atoms with E-state index in [4.69, 9.17) is 14.5 Å². The van der Waals surface area contributed by atoms with Crippen LogP contribution in [0.4, 0.5) is 0 Å². The van der Waals surface area contributed by atoms with Crippen molar-refractivity contribution in [3.63, 3.8) is 0 Å². The number of guanidine groups is 1. The molecule has 6 heteroatoms. The summed E-state index contributed by atoms with van der Waals surface area (Å²) in [5.74, 6) is 2.18. The summed E-state index contributed by atoms with van der Waals surface area (Å²) in [5, 5.41) is 16.7. The third-order valence-corrected chi connectivity index (χ3v) is 5.12. The lowest BCUT2D eigenvalue weighted by molar-refractivity contribution is -0.0106. The highest BCUT2D eigenvalue weighted by Gasteiger charge is 2.32. The van der Waals surface area contributed by atoms with Crippen molar-refractivity contribution < 1.29 is 14.6 Å². The molecule has 2 rings (SSSR count). The van der Waals surface area contributed by atoms with Crippen LogP contribution in [0.1, 0.15) is 52.1 Å². The molecule has 0 amide bonds. The second-order valence-corrected chi connectivity index (χ2v) is 8.11. The summed E-state index contributed by atoms with van der Waals surface area (Å²) in [5.41, 5.74) is 1.00. The number of hydrogen-bond acceptors (Lipinski definition) is 4. The molecule has 1 aliphatic heterocycles. The molecule has 0 saturated carbocycles. The Bertz CT molecular complexity index is 596. The molecule has 1 heterocycles. The van der Waals surface area contributed by atoms with E-state index in [1.54, 1.807) is 0 Å². The normalized spacial score (nSPS) is 18.0. The highest BCUT2D eigenvalue weighted by Crippen LogP contribution is 2.30. The average Bonchev–Trinajstić information content (AvgIpc) is 2.71. The van der Waals surface area contributed by atoms with Crippen LogP contribution in [-0.2, 0) is 4.74 Å². The molecule has 158 valence electrons. The van der Waals surface area contributed by atoms with Gasteiger partial charge >= 0.3 is 0 Å². The quantitative estimate of drug-likeness (QED) is 0.445. The third-order valence-electron chi connectivity index (χ3n) is 5.12. The van der Waals surface area contributed by atoms with Crippen molar-refractivity contribution in [2.45, 2.75) is 46.6 Å². The molecule has 3 N–H and O–H groups in total. The summed E-state index contributed by atoms with van der Waals surface area (Å²) in [4.78, 5) is 4.77. The number of rotatable bonds is 9. The minimum atomic E-state index is -0.167. The summed E-state index contributed by atoms with van der Waals surface area (Å²) in [6, 6.07) is 8.32. The SMILES string of the molecule is CCNC(=NCC1(CO)CCOCC1)NC(C)c1ccc(OCC(C)C)cc1. The van der Waals surface area contributed by atoms with E-state index in [0.29, 0.717) is 25.7 Å². The van der Waals surface area contributed by atoms with E-state index in [9.17, 15) is 5.11 Å². The standard InChI is InChI=1S/C22H37N3O3/c1-5-23-21(24-15-22(16-26)10-12-27-13-11-22)25-18(4)19-6-8-20(9-7-19)28-14-17(2)3/h6-9,17-18,26H,5,10-16H2,1-4H3,(H2,23,24,25). The van der Waals surface area contributed by atoms with Crippen LogP contribution in [0.15, 0.2) is 29.3 Å². The van der Waals surface area contributed by atoms with E-state index in [-0.39, 0.29) is 18.1 Å². The van der Waals surface area contributed by atoms with Gasteiger partial charge in [0.1, 0.15) is 5.75 Å². The monoisotopic (exact) mass is 391 g/mol. The Balaban J connectivity index is 1.98. The maximum Gasteiger partial charge on any atom is 0.191 e. The average molecular weight is 392 g/mol. The summed E-state index contributed by atoms with van der Waals surface area (Å²) in [6.07, 6.45) is 1.69. The number of aliphatic hydroxyl groups is 1. The first-order valence-corrected chi connectivity index (χ1v) is 10.4. The molecule has 0 bridgehead atoms. The lowest BCUT2D eigenvalue weighted by Gasteiger charge is -2.34. The van der Waals surface area contributed by atoms with Crippen molar-refractivity contribution in [1.29, 1.82) is 0 Å². The van der Waals surface area contributed by atoms with E-state index >= 15 is 0 Å². The summed E-state index contributed by atoms with van der Waals surface area (Å²) >= 11 is 0. The van der Waals surface area contributed by atoms with Gasteiger partial charge in [0.05, 0.1) is 25.8 Å². The lowest BCUT2D eigenvalue weighted by atomic mass is 9.81. The van der Waals surface area contributed by atoms with E-state index in [1.165, 1.54) is 5.56 Å². The molecular formula is C22H37N3O3. The molecular weight excluding hydrogens is 354 g/mol. The van der Waals surface area contributed by atoms with Crippen LogP contribution in [0.2, 0.25) is 0 Å². The van der Waals surface area contributed by atoms with Gasteiger partial charge in [-0.3, -0.25) is 4.99 Å². The molecule has 1 atom stereocenters. The Kier molecular flexibility index (Phi) is 9.06. The van der Waals surface area contributed by atoms with Gasteiger partial charge in [0.15, 0.2) is 5.96 Å². The third kappa shape index (κ3) is 6.99. The van der Waals surface area contributed by atoms with Crippen molar-refractivity contribution in [3.8, 4) is 5.75 Å². The van der Waals surface area contributed by atoms with Gasteiger partial charge in [0.25, 0.3) is 0 Å². The van der Waals surface area contributed by atoms with Crippen LogP contribution in [0.3, 0.4) is 0 Å². The highest BCUT2D eigenvalue weighted by atomic mass is 16.5. The zero-order valence-corrected chi connectivity index (χ0v) is 17.8. The van der Waals surface area contributed by atoms with E-state index in [1.807, 2.05) is 12.1 Å².